The second kappa shape index (κ2) is 7.11. The van der Waals surface area contributed by atoms with Crippen molar-refractivity contribution in [2.75, 3.05) is 19.0 Å². The summed E-state index contributed by atoms with van der Waals surface area (Å²) in [6.45, 7) is 7.22. The SMILES string of the molecule is COCC(C)n1cc(C)nc1NC(C)C1CCCCC1. The predicted octanol–water partition coefficient (Wildman–Crippen LogP) is 3.78. The van der Waals surface area contributed by atoms with Crippen molar-refractivity contribution in [2.45, 2.75) is 65.0 Å². The van der Waals surface area contributed by atoms with Crippen LogP contribution >= 0.6 is 0 Å². The van der Waals surface area contributed by atoms with Gasteiger partial charge in [0.05, 0.1) is 18.3 Å². The van der Waals surface area contributed by atoms with Gasteiger partial charge in [0.25, 0.3) is 0 Å². The Morgan fingerprint density at radius 3 is 2.70 bits per heavy atom. The molecule has 1 aliphatic rings. The van der Waals surface area contributed by atoms with Gasteiger partial charge >= 0.3 is 0 Å². The highest BCUT2D eigenvalue weighted by Gasteiger charge is 2.22. The van der Waals surface area contributed by atoms with Gasteiger partial charge in [-0.25, -0.2) is 4.98 Å². The normalized spacial score (nSPS) is 19.8. The quantitative estimate of drug-likeness (QED) is 0.861. The Morgan fingerprint density at radius 1 is 1.35 bits per heavy atom. The number of nitrogens with one attached hydrogen (secondary N) is 1. The van der Waals surface area contributed by atoms with Crippen LogP contribution in [0.5, 0.6) is 0 Å². The van der Waals surface area contributed by atoms with Crippen molar-refractivity contribution >= 4 is 5.95 Å². The first-order chi connectivity index (χ1) is 9.61. The number of nitrogens with zero attached hydrogens (tertiary/aromatic N) is 2. The summed E-state index contributed by atoms with van der Waals surface area (Å²) in [4.78, 5) is 4.65. The lowest BCUT2D eigenvalue weighted by Crippen LogP contribution is -2.29. The van der Waals surface area contributed by atoms with Crippen molar-refractivity contribution < 1.29 is 4.74 Å². The maximum atomic E-state index is 5.27. The molecule has 0 aromatic carbocycles. The molecule has 1 fully saturated rings. The molecule has 1 aromatic heterocycles. The molecule has 1 saturated carbocycles. The molecule has 114 valence electrons. The second-order valence-corrected chi connectivity index (χ2v) is 6.25. The van der Waals surface area contributed by atoms with E-state index in [1.165, 1.54) is 32.1 Å². The Balaban J connectivity index is 2.04. The summed E-state index contributed by atoms with van der Waals surface area (Å²) in [7, 11) is 1.75. The lowest BCUT2D eigenvalue weighted by atomic mass is 9.85. The fraction of sp³-hybridized carbons (Fsp3) is 0.812. The molecule has 2 unspecified atom stereocenters. The smallest absolute Gasteiger partial charge is 0.203 e. The first kappa shape index (κ1) is 15.4. The number of methoxy groups -OCH3 is 1. The molecule has 0 aliphatic heterocycles. The van der Waals surface area contributed by atoms with Crippen molar-refractivity contribution in [1.82, 2.24) is 9.55 Å². The minimum absolute atomic E-state index is 0.308. The minimum atomic E-state index is 0.308. The summed E-state index contributed by atoms with van der Waals surface area (Å²) in [5.41, 5.74) is 1.06. The average Bonchev–Trinajstić information content (AvgIpc) is 2.81. The molecular weight excluding hydrogens is 250 g/mol. The molecule has 1 aliphatic carbocycles. The van der Waals surface area contributed by atoms with Crippen LogP contribution in [0.4, 0.5) is 5.95 Å². The maximum absolute atomic E-state index is 5.27. The molecule has 0 radical (unpaired) electrons. The van der Waals surface area contributed by atoms with Gasteiger partial charge in [0.15, 0.2) is 0 Å². The molecule has 1 heterocycles. The number of hydrogen-bond acceptors (Lipinski definition) is 3. The van der Waals surface area contributed by atoms with Crippen LogP contribution in [0.15, 0.2) is 6.20 Å². The van der Waals surface area contributed by atoms with Crippen LogP contribution < -0.4 is 5.32 Å². The topological polar surface area (TPSA) is 39.1 Å². The standard InChI is InChI=1S/C16H29N3O/c1-12-10-19(13(2)11-20-4)16(17-12)18-14(3)15-8-6-5-7-9-15/h10,13-15H,5-9,11H2,1-4H3,(H,17,18). The Labute approximate surface area is 122 Å². The van der Waals surface area contributed by atoms with Crippen LogP contribution in [0.2, 0.25) is 0 Å². The zero-order valence-electron chi connectivity index (χ0n) is 13.4. The zero-order chi connectivity index (χ0) is 14.5. The average molecular weight is 279 g/mol. The van der Waals surface area contributed by atoms with Crippen LogP contribution in [-0.2, 0) is 4.74 Å². The highest BCUT2D eigenvalue weighted by atomic mass is 16.5. The Morgan fingerprint density at radius 2 is 2.05 bits per heavy atom. The fourth-order valence-electron chi connectivity index (χ4n) is 3.24. The highest BCUT2D eigenvalue weighted by molar-refractivity contribution is 5.31. The van der Waals surface area contributed by atoms with Gasteiger partial charge in [0.1, 0.15) is 0 Å². The molecular formula is C16H29N3O. The summed E-state index contributed by atoms with van der Waals surface area (Å²) < 4.78 is 7.47. The van der Waals surface area contributed by atoms with Crippen LogP contribution in [-0.4, -0.2) is 29.3 Å². The lowest BCUT2D eigenvalue weighted by molar-refractivity contribution is 0.163. The molecule has 1 aromatic rings. The van der Waals surface area contributed by atoms with Gasteiger partial charge in [-0.1, -0.05) is 19.3 Å². The minimum Gasteiger partial charge on any atom is -0.383 e. The van der Waals surface area contributed by atoms with Crippen molar-refractivity contribution in [3.63, 3.8) is 0 Å². The molecule has 2 rings (SSSR count). The predicted molar refractivity (Wildman–Crippen MR) is 83.2 cm³/mol. The van der Waals surface area contributed by atoms with Crippen LogP contribution in [0, 0.1) is 12.8 Å². The van der Waals surface area contributed by atoms with E-state index < -0.39 is 0 Å². The first-order valence-electron chi connectivity index (χ1n) is 7.92. The number of anilines is 1. The van der Waals surface area contributed by atoms with E-state index in [-0.39, 0.29) is 0 Å². The zero-order valence-corrected chi connectivity index (χ0v) is 13.4. The number of aromatic nitrogens is 2. The van der Waals surface area contributed by atoms with Crippen molar-refractivity contribution in [3.05, 3.63) is 11.9 Å². The Kier molecular flexibility index (Phi) is 5.46. The van der Waals surface area contributed by atoms with Crippen LogP contribution in [0.25, 0.3) is 0 Å². The van der Waals surface area contributed by atoms with Crippen molar-refractivity contribution in [1.29, 1.82) is 0 Å². The summed E-state index contributed by atoms with van der Waals surface area (Å²) in [6, 6.07) is 0.799. The van der Waals surface area contributed by atoms with Crippen molar-refractivity contribution in [2.24, 2.45) is 5.92 Å². The number of aryl methyl sites for hydroxylation is 1. The summed E-state index contributed by atoms with van der Waals surface area (Å²) in [5.74, 6) is 1.78. The van der Waals surface area contributed by atoms with Gasteiger partial charge in [-0.2, -0.15) is 0 Å². The van der Waals surface area contributed by atoms with Crippen molar-refractivity contribution in [3.8, 4) is 0 Å². The van der Waals surface area contributed by atoms with E-state index in [0.29, 0.717) is 18.7 Å². The first-order valence-corrected chi connectivity index (χ1v) is 7.92. The van der Waals surface area contributed by atoms with Crippen LogP contribution in [0.1, 0.15) is 57.7 Å². The molecule has 1 N–H and O–H groups in total. The van der Waals surface area contributed by atoms with E-state index in [2.05, 4.69) is 34.9 Å². The Bertz CT molecular complexity index is 410. The maximum Gasteiger partial charge on any atom is 0.203 e. The monoisotopic (exact) mass is 279 g/mol. The van der Waals surface area contributed by atoms with E-state index in [1.807, 2.05) is 6.92 Å². The van der Waals surface area contributed by atoms with Gasteiger partial charge in [0.2, 0.25) is 5.95 Å². The van der Waals surface area contributed by atoms with E-state index in [9.17, 15) is 0 Å². The number of rotatable bonds is 6. The summed E-state index contributed by atoms with van der Waals surface area (Å²) in [5, 5.41) is 3.64. The third-order valence-electron chi connectivity index (χ3n) is 4.45. The highest BCUT2D eigenvalue weighted by Crippen LogP contribution is 2.28. The third kappa shape index (κ3) is 3.75. The van der Waals surface area contributed by atoms with E-state index in [4.69, 9.17) is 4.74 Å². The molecule has 4 nitrogen and oxygen atoms in total. The molecule has 0 amide bonds. The van der Waals surface area contributed by atoms with Crippen LogP contribution in [0.3, 0.4) is 0 Å². The molecule has 0 saturated heterocycles. The van der Waals surface area contributed by atoms with Gasteiger partial charge < -0.3 is 14.6 Å². The summed E-state index contributed by atoms with van der Waals surface area (Å²) >= 11 is 0. The molecule has 4 heteroatoms. The molecule has 20 heavy (non-hydrogen) atoms. The fourth-order valence-corrected chi connectivity index (χ4v) is 3.24. The van der Waals surface area contributed by atoms with E-state index in [1.54, 1.807) is 7.11 Å². The molecule has 0 bridgehead atoms. The summed E-state index contributed by atoms with van der Waals surface area (Å²) in [6.07, 6.45) is 8.97. The largest absolute Gasteiger partial charge is 0.383 e. The number of ether oxygens (including phenoxy) is 1. The van der Waals surface area contributed by atoms with Gasteiger partial charge in [-0.3, -0.25) is 0 Å². The van der Waals surface area contributed by atoms with E-state index >= 15 is 0 Å². The number of imidazole rings is 1. The lowest BCUT2D eigenvalue weighted by Gasteiger charge is -2.29. The Hall–Kier alpha value is -1.03. The van der Waals surface area contributed by atoms with Gasteiger partial charge in [-0.05, 0) is 39.5 Å². The van der Waals surface area contributed by atoms with Gasteiger partial charge in [-0.15, -0.1) is 0 Å². The van der Waals surface area contributed by atoms with E-state index in [0.717, 1.165) is 17.6 Å². The van der Waals surface area contributed by atoms with Gasteiger partial charge in [0, 0.05) is 19.3 Å². The molecule has 0 spiro atoms. The third-order valence-corrected chi connectivity index (χ3v) is 4.45. The second-order valence-electron chi connectivity index (χ2n) is 6.25. The number of hydrogen-bond donors (Lipinski definition) is 1. The molecule has 2 atom stereocenters.